The third-order valence-electron chi connectivity index (χ3n) is 3.59. The monoisotopic (exact) mass is 296 g/mol. The fourth-order valence-corrected chi connectivity index (χ4v) is 2.57. The maximum Gasteiger partial charge on any atom is 0.344 e. The predicted molar refractivity (Wildman–Crippen MR) is 86.7 cm³/mol. The number of ether oxygens (including phenoxy) is 1. The Balaban J connectivity index is 2.21. The maximum atomic E-state index is 12.4. The van der Waals surface area contributed by atoms with Crippen molar-refractivity contribution in [1.82, 2.24) is 0 Å². The molecule has 3 heteroatoms. The molecule has 0 radical (unpaired) electrons. The Labute approximate surface area is 130 Å². The highest BCUT2D eigenvalue weighted by atomic mass is 16.5. The highest BCUT2D eigenvalue weighted by Gasteiger charge is 2.15. The van der Waals surface area contributed by atoms with E-state index in [1.54, 1.807) is 24.3 Å². The lowest BCUT2D eigenvalue weighted by Gasteiger charge is -2.11. The lowest BCUT2D eigenvalue weighted by Crippen LogP contribution is -2.12. The largest absolute Gasteiger partial charge is 0.423 e. The first-order valence-electron chi connectivity index (χ1n) is 7.35. The van der Waals surface area contributed by atoms with Crippen molar-refractivity contribution >= 4 is 11.8 Å². The first-order valence-corrected chi connectivity index (χ1v) is 7.35. The van der Waals surface area contributed by atoms with Crippen LogP contribution in [0.15, 0.2) is 36.4 Å². The van der Waals surface area contributed by atoms with Crippen molar-refractivity contribution in [2.75, 3.05) is 0 Å². The average molecular weight is 296 g/mol. The molecule has 0 saturated heterocycles. The molecule has 22 heavy (non-hydrogen) atoms. The van der Waals surface area contributed by atoms with E-state index in [0.29, 0.717) is 23.3 Å². The minimum Gasteiger partial charge on any atom is -0.423 e. The molecular weight excluding hydrogens is 276 g/mol. The van der Waals surface area contributed by atoms with Gasteiger partial charge in [-0.3, -0.25) is 4.79 Å². The smallest absolute Gasteiger partial charge is 0.344 e. The summed E-state index contributed by atoms with van der Waals surface area (Å²) < 4.78 is 5.42. The second-order valence-corrected chi connectivity index (χ2v) is 5.46. The second-order valence-electron chi connectivity index (χ2n) is 5.46. The molecule has 2 aromatic carbocycles. The summed E-state index contributed by atoms with van der Waals surface area (Å²) >= 11 is 0. The third kappa shape index (κ3) is 3.42. The average Bonchev–Trinajstić information content (AvgIpc) is 2.46. The van der Waals surface area contributed by atoms with Gasteiger partial charge in [0.25, 0.3) is 0 Å². The summed E-state index contributed by atoms with van der Waals surface area (Å²) in [5, 5.41) is 0. The van der Waals surface area contributed by atoms with Gasteiger partial charge in [0, 0.05) is 12.0 Å². The van der Waals surface area contributed by atoms with Crippen LogP contribution in [-0.4, -0.2) is 11.8 Å². The van der Waals surface area contributed by atoms with Gasteiger partial charge in [0.1, 0.15) is 5.75 Å². The second kappa shape index (κ2) is 6.56. The SMILES string of the molecule is CCC(=O)c1ccc(OC(=O)c2c(C)cc(C)cc2C)cc1. The number of hydrogen-bond acceptors (Lipinski definition) is 3. The quantitative estimate of drug-likeness (QED) is 0.476. The molecule has 2 rings (SSSR count). The van der Waals surface area contributed by atoms with Crippen LogP contribution in [0.25, 0.3) is 0 Å². The number of rotatable bonds is 4. The van der Waals surface area contributed by atoms with E-state index in [1.165, 1.54) is 0 Å². The number of hydrogen-bond donors (Lipinski definition) is 0. The first-order chi connectivity index (χ1) is 10.4. The van der Waals surface area contributed by atoms with E-state index in [1.807, 2.05) is 39.8 Å². The van der Waals surface area contributed by atoms with E-state index < -0.39 is 0 Å². The molecule has 2 aromatic rings. The molecule has 0 aliphatic heterocycles. The summed E-state index contributed by atoms with van der Waals surface area (Å²) in [6.07, 6.45) is 0.459. The van der Waals surface area contributed by atoms with Gasteiger partial charge < -0.3 is 4.74 Å². The Bertz CT molecular complexity index is 689. The number of esters is 1. The zero-order valence-corrected chi connectivity index (χ0v) is 13.4. The summed E-state index contributed by atoms with van der Waals surface area (Å²) in [5.74, 6) is 0.143. The highest BCUT2D eigenvalue weighted by molar-refractivity contribution is 5.96. The van der Waals surface area contributed by atoms with Crippen LogP contribution in [0, 0.1) is 20.8 Å². The van der Waals surface area contributed by atoms with Gasteiger partial charge >= 0.3 is 5.97 Å². The molecule has 0 aliphatic rings. The molecule has 0 unspecified atom stereocenters. The molecule has 0 heterocycles. The molecule has 0 bridgehead atoms. The van der Waals surface area contributed by atoms with Crippen molar-refractivity contribution in [2.24, 2.45) is 0 Å². The van der Waals surface area contributed by atoms with Gasteiger partial charge in [-0.2, -0.15) is 0 Å². The van der Waals surface area contributed by atoms with E-state index in [2.05, 4.69) is 0 Å². The molecule has 0 amide bonds. The Morgan fingerprint density at radius 3 is 2.00 bits per heavy atom. The zero-order valence-electron chi connectivity index (χ0n) is 13.4. The van der Waals surface area contributed by atoms with Crippen LogP contribution >= 0.6 is 0 Å². The lowest BCUT2D eigenvalue weighted by molar-refractivity contribution is 0.0733. The molecule has 0 aliphatic carbocycles. The minimum absolute atomic E-state index is 0.0723. The number of Topliss-reactive ketones (excluding diaryl/α,β-unsaturated/α-hetero) is 1. The first kappa shape index (κ1) is 16.0. The molecule has 114 valence electrons. The molecular formula is C19H20O3. The zero-order chi connectivity index (χ0) is 16.3. The molecule has 0 saturated carbocycles. The van der Waals surface area contributed by atoms with E-state index >= 15 is 0 Å². The summed E-state index contributed by atoms with van der Waals surface area (Å²) in [5.41, 5.74) is 4.15. The van der Waals surface area contributed by atoms with E-state index in [0.717, 1.165) is 16.7 Å². The highest BCUT2D eigenvalue weighted by Crippen LogP contribution is 2.20. The van der Waals surface area contributed by atoms with Crippen molar-refractivity contribution in [3.8, 4) is 5.75 Å². The molecule has 0 spiro atoms. The third-order valence-corrected chi connectivity index (χ3v) is 3.59. The summed E-state index contributed by atoms with van der Waals surface area (Å²) in [7, 11) is 0. The normalized spacial score (nSPS) is 10.4. The fourth-order valence-electron chi connectivity index (χ4n) is 2.57. The van der Waals surface area contributed by atoms with Crippen molar-refractivity contribution in [1.29, 1.82) is 0 Å². The fraction of sp³-hybridized carbons (Fsp3) is 0.263. The van der Waals surface area contributed by atoms with Gasteiger partial charge in [-0.05, 0) is 56.2 Å². The number of benzene rings is 2. The summed E-state index contributed by atoms with van der Waals surface area (Å²) in [6, 6.07) is 10.6. The number of ketones is 1. The van der Waals surface area contributed by atoms with Crippen LogP contribution in [0.4, 0.5) is 0 Å². The van der Waals surface area contributed by atoms with Crippen LogP contribution in [0.1, 0.15) is 50.8 Å². The molecule has 0 N–H and O–H groups in total. The van der Waals surface area contributed by atoms with Crippen molar-refractivity contribution in [3.63, 3.8) is 0 Å². The van der Waals surface area contributed by atoms with Gasteiger partial charge in [0.15, 0.2) is 5.78 Å². The Hall–Kier alpha value is -2.42. The van der Waals surface area contributed by atoms with Crippen LogP contribution < -0.4 is 4.74 Å². The van der Waals surface area contributed by atoms with Crippen LogP contribution in [0.3, 0.4) is 0 Å². The Morgan fingerprint density at radius 2 is 1.50 bits per heavy atom. The van der Waals surface area contributed by atoms with Gasteiger partial charge in [0.05, 0.1) is 5.56 Å². The van der Waals surface area contributed by atoms with Gasteiger partial charge in [0.2, 0.25) is 0 Å². The van der Waals surface area contributed by atoms with Crippen molar-refractivity contribution in [3.05, 3.63) is 64.2 Å². The number of aryl methyl sites for hydroxylation is 3. The lowest BCUT2D eigenvalue weighted by atomic mass is 10.00. The van der Waals surface area contributed by atoms with Gasteiger partial charge in [-0.15, -0.1) is 0 Å². The van der Waals surface area contributed by atoms with Gasteiger partial charge in [-0.25, -0.2) is 4.79 Å². The Kier molecular flexibility index (Phi) is 4.76. The van der Waals surface area contributed by atoms with E-state index in [4.69, 9.17) is 4.74 Å². The summed E-state index contributed by atoms with van der Waals surface area (Å²) in [6.45, 7) is 7.62. The summed E-state index contributed by atoms with van der Waals surface area (Å²) in [4.78, 5) is 23.9. The molecule has 3 nitrogen and oxygen atoms in total. The van der Waals surface area contributed by atoms with Crippen LogP contribution in [0.5, 0.6) is 5.75 Å². The van der Waals surface area contributed by atoms with Gasteiger partial charge in [-0.1, -0.05) is 24.6 Å². The Morgan fingerprint density at radius 1 is 0.955 bits per heavy atom. The van der Waals surface area contributed by atoms with E-state index in [9.17, 15) is 9.59 Å². The molecule has 0 aromatic heterocycles. The minimum atomic E-state index is -0.371. The van der Waals surface area contributed by atoms with Crippen LogP contribution in [-0.2, 0) is 0 Å². The van der Waals surface area contributed by atoms with E-state index in [-0.39, 0.29) is 11.8 Å². The predicted octanol–water partition coefficient (Wildman–Crippen LogP) is 4.42. The number of carbonyl (C=O) groups excluding carboxylic acids is 2. The van der Waals surface area contributed by atoms with Crippen LogP contribution in [0.2, 0.25) is 0 Å². The standard InChI is InChI=1S/C19H20O3/c1-5-17(20)15-6-8-16(9-7-15)22-19(21)18-13(3)10-12(2)11-14(18)4/h6-11H,5H2,1-4H3. The van der Waals surface area contributed by atoms with Crippen molar-refractivity contribution < 1.29 is 14.3 Å². The maximum absolute atomic E-state index is 12.4. The topological polar surface area (TPSA) is 43.4 Å². The molecule has 0 atom stereocenters. The molecule has 0 fully saturated rings. The van der Waals surface area contributed by atoms with Crippen molar-refractivity contribution in [2.45, 2.75) is 34.1 Å². The number of carbonyl (C=O) groups is 2.